The molecule has 0 radical (unpaired) electrons. The predicted molar refractivity (Wildman–Crippen MR) is 73.9 cm³/mol. The van der Waals surface area contributed by atoms with Gasteiger partial charge in [0, 0.05) is 17.6 Å². The van der Waals surface area contributed by atoms with Crippen molar-refractivity contribution in [3.63, 3.8) is 0 Å². The number of anilines is 1. The van der Waals surface area contributed by atoms with E-state index in [1.807, 2.05) is 31.2 Å². The Morgan fingerprint density at radius 3 is 3.05 bits per heavy atom. The van der Waals surface area contributed by atoms with Crippen LogP contribution in [0.15, 0.2) is 29.4 Å². The molecule has 1 N–H and O–H groups in total. The lowest BCUT2D eigenvalue weighted by molar-refractivity contribution is -0.120. The molecule has 2 rings (SSSR count). The first-order chi connectivity index (χ1) is 9.13. The monoisotopic (exact) mass is 259 g/mol. The Labute approximate surface area is 112 Å². The summed E-state index contributed by atoms with van der Waals surface area (Å²) in [7, 11) is 1.74. The van der Waals surface area contributed by atoms with Gasteiger partial charge in [0.15, 0.2) is 0 Å². The lowest BCUT2D eigenvalue weighted by Gasteiger charge is -2.23. The molecule has 1 aliphatic heterocycles. The molecule has 0 aromatic heterocycles. The van der Waals surface area contributed by atoms with Crippen LogP contribution in [0.4, 0.5) is 5.69 Å². The van der Waals surface area contributed by atoms with Crippen LogP contribution >= 0.6 is 0 Å². The molecule has 0 bridgehead atoms. The Morgan fingerprint density at radius 2 is 2.37 bits per heavy atom. The number of carbonyl (C=O) groups is 1. The third kappa shape index (κ3) is 2.86. The quantitative estimate of drug-likeness (QED) is 0.511. The number of hydrogen-bond acceptors (Lipinski definition) is 3. The van der Waals surface area contributed by atoms with E-state index >= 15 is 0 Å². The van der Waals surface area contributed by atoms with Gasteiger partial charge in [-0.3, -0.25) is 4.79 Å². The zero-order valence-corrected chi connectivity index (χ0v) is 11.1. The van der Waals surface area contributed by atoms with Crippen molar-refractivity contribution in [2.24, 2.45) is 5.11 Å². The number of nitrogens with one attached hydrogen (secondary N) is 1. The molecule has 1 saturated heterocycles. The van der Waals surface area contributed by atoms with E-state index in [0.29, 0.717) is 13.0 Å². The van der Waals surface area contributed by atoms with Gasteiger partial charge in [-0.15, -0.1) is 0 Å². The van der Waals surface area contributed by atoms with Crippen molar-refractivity contribution in [3.05, 3.63) is 40.3 Å². The molecular weight excluding hydrogens is 242 g/mol. The highest BCUT2D eigenvalue weighted by Crippen LogP contribution is 2.19. The average molecular weight is 259 g/mol. The maximum absolute atomic E-state index is 12.4. The zero-order valence-electron chi connectivity index (χ0n) is 11.1. The number of azide groups is 1. The van der Waals surface area contributed by atoms with Crippen LogP contribution in [0.2, 0.25) is 0 Å². The molecule has 2 atom stereocenters. The SMILES string of the molecule is Cc1cccc(N(C)C(=O)[C@H]2NCC[C@H]2N=[N+]=[N-])c1. The van der Waals surface area contributed by atoms with Gasteiger partial charge in [-0.25, -0.2) is 0 Å². The van der Waals surface area contributed by atoms with Crippen LogP contribution in [-0.4, -0.2) is 31.6 Å². The van der Waals surface area contributed by atoms with E-state index in [2.05, 4.69) is 15.3 Å². The number of carbonyl (C=O) groups excluding carboxylic acids is 1. The van der Waals surface area contributed by atoms with E-state index in [0.717, 1.165) is 11.3 Å². The van der Waals surface area contributed by atoms with E-state index in [-0.39, 0.29) is 11.9 Å². The molecule has 1 amide bonds. The number of amides is 1. The maximum atomic E-state index is 12.4. The Kier molecular flexibility index (Phi) is 4.04. The minimum absolute atomic E-state index is 0.0690. The summed E-state index contributed by atoms with van der Waals surface area (Å²) in [4.78, 5) is 16.8. The molecular formula is C13H17N5O. The van der Waals surface area contributed by atoms with E-state index < -0.39 is 6.04 Å². The summed E-state index contributed by atoms with van der Waals surface area (Å²) in [5.74, 6) is -0.0690. The van der Waals surface area contributed by atoms with Crippen molar-refractivity contribution in [2.75, 3.05) is 18.5 Å². The van der Waals surface area contributed by atoms with Gasteiger partial charge >= 0.3 is 0 Å². The fraction of sp³-hybridized carbons (Fsp3) is 0.462. The average Bonchev–Trinajstić information content (AvgIpc) is 2.86. The minimum atomic E-state index is -0.429. The van der Waals surface area contributed by atoms with Gasteiger partial charge in [0.1, 0.15) is 0 Å². The molecule has 0 spiro atoms. The van der Waals surface area contributed by atoms with Crippen molar-refractivity contribution in [1.82, 2.24) is 5.32 Å². The molecule has 1 aliphatic rings. The van der Waals surface area contributed by atoms with E-state index in [1.54, 1.807) is 11.9 Å². The van der Waals surface area contributed by atoms with Crippen LogP contribution in [0.5, 0.6) is 0 Å². The molecule has 0 saturated carbocycles. The Bertz CT molecular complexity index is 524. The summed E-state index contributed by atoms with van der Waals surface area (Å²) in [6.07, 6.45) is 0.697. The number of nitrogens with zero attached hydrogens (tertiary/aromatic N) is 4. The van der Waals surface area contributed by atoms with Gasteiger partial charge in [0.05, 0.1) is 12.1 Å². The number of likely N-dealkylation sites (N-methyl/N-ethyl adjacent to an activating group) is 1. The number of benzene rings is 1. The van der Waals surface area contributed by atoms with Gasteiger partial charge in [0.2, 0.25) is 5.91 Å². The van der Waals surface area contributed by atoms with Crippen LogP contribution in [0.1, 0.15) is 12.0 Å². The maximum Gasteiger partial charge on any atom is 0.244 e. The van der Waals surface area contributed by atoms with Gasteiger partial charge in [-0.2, -0.15) is 0 Å². The normalized spacial score (nSPS) is 21.8. The third-order valence-corrected chi connectivity index (χ3v) is 3.37. The zero-order chi connectivity index (χ0) is 13.8. The summed E-state index contributed by atoms with van der Waals surface area (Å²) in [5, 5.41) is 6.79. The summed E-state index contributed by atoms with van der Waals surface area (Å²) in [6.45, 7) is 2.68. The molecule has 1 aromatic rings. The van der Waals surface area contributed by atoms with Crippen molar-refractivity contribution < 1.29 is 4.79 Å². The van der Waals surface area contributed by atoms with Gasteiger partial charge in [-0.1, -0.05) is 17.2 Å². The topological polar surface area (TPSA) is 81.1 Å². The summed E-state index contributed by atoms with van der Waals surface area (Å²) >= 11 is 0. The largest absolute Gasteiger partial charge is 0.314 e. The molecule has 0 aliphatic carbocycles. The lowest BCUT2D eigenvalue weighted by atomic mass is 10.1. The van der Waals surface area contributed by atoms with Crippen LogP contribution in [0.25, 0.3) is 10.4 Å². The molecule has 19 heavy (non-hydrogen) atoms. The molecule has 6 nitrogen and oxygen atoms in total. The first-order valence-electron chi connectivity index (χ1n) is 6.25. The second kappa shape index (κ2) is 5.73. The summed E-state index contributed by atoms with van der Waals surface area (Å²) < 4.78 is 0. The van der Waals surface area contributed by atoms with Crippen LogP contribution in [-0.2, 0) is 4.79 Å². The number of aryl methyl sites for hydroxylation is 1. The van der Waals surface area contributed by atoms with Gasteiger partial charge in [-0.05, 0) is 43.1 Å². The smallest absolute Gasteiger partial charge is 0.244 e. The second-order valence-corrected chi connectivity index (χ2v) is 4.73. The lowest BCUT2D eigenvalue weighted by Crippen LogP contribution is -2.46. The summed E-state index contributed by atoms with van der Waals surface area (Å²) in [5.41, 5.74) is 10.5. The third-order valence-electron chi connectivity index (χ3n) is 3.37. The molecule has 1 heterocycles. The number of rotatable bonds is 3. The Morgan fingerprint density at radius 1 is 1.58 bits per heavy atom. The van der Waals surface area contributed by atoms with E-state index in [1.165, 1.54) is 0 Å². The first kappa shape index (κ1) is 13.4. The van der Waals surface area contributed by atoms with Crippen molar-refractivity contribution in [1.29, 1.82) is 0 Å². The highest BCUT2D eigenvalue weighted by Gasteiger charge is 2.34. The first-order valence-corrected chi connectivity index (χ1v) is 6.25. The van der Waals surface area contributed by atoms with Crippen molar-refractivity contribution in [2.45, 2.75) is 25.4 Å². The fourth-order valence-corrected chi connectivity index (χ4v) is 2.30. The van der Waals surface area contributed by atoms with Crippen LogP contribution < -0.4 is 10.2 Å². The molecule has 1 fully saturated rings. The Hall–Kier alpha value is -2.04. The molecule has 1 aromatic carbocycles. The molecule has 0 unspecified atom stereocenters. The van der Waals surface area contributed by atoms with Crippen LogP contribution in [0.3, 0.4) is 0 Å². The fourth-order valence-electron chi connectivity index (χ4n) is 2.30. The molecule has 6 heteroatoms. The second-order valence-electron chi connectivity index (χ2n) is 4.73. The van der Waals surface area contributed by atoms with E-state index in [9.17, 15) is 4.79 Å². The van der Waals surface area contributed by atoms with Gasteiger partial charge in [0.25, 0.3) is 0 Å². The van der Waals surface area contributed by atoms with E-state index in [4.69, 9.17) is 5.53 Å². The minimum Gasteiger partial charge on any atom is -0.314 e. The highest BCUT2D eigenvalue weighted by molar-refractivity contribution is 5.97. The highest BCUT2D eigenvalue weighted by atomic mass is 16.2. The van der Waals surface area contributed by atoms with Crippen molar-refractivity contribution in [3.8, 4) is 0 Å². The summed E-state index contributed by atoms with van der Waals surface area (Å²) in [6, 6.07) is 7.02. The van der Waals surface area contributed by atoms with Gasteiger partial charge < -0.3 is 10.2 Å². The standard InChI is InChI=1S/C13H17N5O/c1-9-4-3-5-10(8-9)18(2)13(19)12-11(16-17-14)6-7-15-12/h3-5,8,11-12,15H,6-7H2,1-2H3/t11-,12+/m1/s1. The Balaban J connectivity index is 2.17. The predicted octanol–water partition coefficient (Wildman–Crippen LogP) is 2.00. The van der Waals surface area contributed by atoms with Crippen molar-refractivity contribution >= 4 is 11.6 Å². The molecule has 100 valence electrons. The van der Waals surface area contributed by atoms with Crippen LogP contribution in [0, 0.1) is 6.92 Å². The number of hydrogen-bond donors (Lipinski definition) is 1.